The minimum absolute atomic E-state index is 0.00601. The van der Waals surface area contributed by atoms with Gasteiger partial charge in [0.2, 0.25) is 0 Å². The zero-order valence-corrected chi connectivity index (χ0v) is 10.7. The molecule has 3 aromatic rings. The van der Waals surface area contributed by atoms with Crippen LogP contribution in [0.1, 0.15) is 5.56 Å². The van der Waals surface area contributed by atoms with Gasteiger partial charge in [-0.15, -0.1) is 5.10 Å². The smallest absolute Gasteiger partial charge is 0.136 e. The maximum Gasteiger partial charge on any atom is 0.136 e. The Morgan fingerprint density at radius 3 is 2.89 bits per heavy atom. The summed E-state index contributed by atoms with van der Waals surface area (Å²) >= 11 is 1.42. The van der Waals surface area contributed by atoms with Gasteiger partial charge in [-0.05, 0) is 30.0 Å². The molecule has 0 spiro atoms. The number of amidine groups is 1. The molecule has 0 unspecified atom stereocenters. The molecular formula is C13H11N5S. The molecule has 3 rings (SSSR count). The number of rotatable bonds is 3. The van der Waals surface area contributed by atoms with Crippen molar-refractivity contribution >= 4 is 28.5 Å². The molecule has 0 saturated carbocycles. The summed E-state index contributed by atoms with van der Waals surface area (Å²) in [6, 6.07) is 11.8. The number of hydrogen-bond acceptors (Lipinski definition) is 4. The fourth-order valence-electron chi connectivity index (χ4n) is 1.81. The monoisotopic (exact) mass is 269 g/mol. The SMILES string of the molecule is N=C(N)c1ccnnc1Sc1cc2ccccc2[nH]1. The van der Waals surface area contributed by atoms with E-state index in [2.05, 4.69) is 15.2 Å². The predicted molar refractivity (Wildman–Crippen MR) is 75.5 cm³/mol. The largest absolute Gasteiger partial charge is 0.384 e. The van der Waals surface area contributed by atoms with Crippen LogP contribution in [0.3, 0.4) is 0 Å². The van der Waals surface area contributed by atoms with Crippen LogP contribution in [0.2, 0.25) is 0 Å². The van der Waals surface area contributed by atoms with Crippen LogP contribution in [0.4, 0.5) is 0 Å². The van der Waals surface area contributed by atoms with Crippen LogP contribution >= 0.6 is 11.8 Å². The van der Waals surface area contributed by atoms with Crippen molar-refractivity contribution in [3.05, 3.63) is 48.2 Å². The van der Waals surface area contributed by atoms with Crippen molar-refractivity contribution in [2.75, 3.05) is 0 Å². The highest BCUT2D eigenvalue weighted by Gasteiger charge is 2.10. The Kier molecular flexibility index (Phi) is 2.92. The number of para-hydroxylation sites is 1. The number of nitrogens with two attached hydrogens (primary N) is 1. The molecule has 0 bridgehead atoms. The fraction of sp³-hybridized carbons (Fsp3) is 0. The lowest BCUT2D eigenvalue weighted by atomic mass is 10.3. The lowest BCUT2D eigenvalue weighted by Crippen LogP contribution is -2.13. The standard InChI is InChI=1S/C13H11N5S/c14-12(15)9-5-6-16-18-13(9)19-11-7-8-3-1-2-4-10(8)17-11/h1-7,17H,(H3,14,15). The quantitative estimate of drug-likeness (QED) is 0.503. The number of fused-ring (bicyclic) bond motifs is 1. The maximum absolute atomic E-state index is 7.54. The second-order valence-electron chi connectivity index (χ2n) is 3.99. The summed E-state index contributed by atoms with van der Waals surface area (Å²) < 4.78 is 0. The number of aromatic amines is 1. The predicted octanol–water partition coefficient (Wildman–Crippen LogP) is 2.39. The van der Waals surface area contributed by atoms with Crippen molar-refractivity contribution in [1.29, 1.82) is 5.41 Å². The van der Waals surface area contributed by atoms with E-state index < -0.39 is 0 Å². The van der Waals surface area contributed by atoms with Crippen molar-refractivity contribution in [2.24, 2.45) is 5.73 Å². The van der Waals surface area contributed by atoms with Crippen molar-refractivity contribution in [3.63, 3.8) is 0 Å². The zero-order valence-electron chi connectivity index (χ0n) is 9.92. The van der Waals surface area contributed by atoms with Crippen LogP contribution in [0.5, 0.6) is 0 Å². The van der Waals surface area contributed by atoms with E-state index in [1.807, 2.05) is 30.3 Å². The summed E-state index contributed by atoms with van der Waals surface area (Å²) in [5, 5.41) is 18.1. The molecule has 5 nitrogen and oxygen atoms in total. The van der Waals surface area contributed by atoms with Gasteiger partial charge in [-0.2, -0.15) is 5.10 Å². The highest BCUT2D eigenvalue weighted by atomic mass is 32.2. The molecule has 2 heterocycles. The van der Waals surface area contributed by atoms with Gasteiger partial charge in [-0.25, -0.2) is 0 Å². The second kappa shape index (κ2) is 4.74. The molecule has 0 radical (unpaired) electrons. The molecular weight excluding hydrogens is 258 g/mol. The second-order valence-corrected chi connectivity index (χ2v) is 5.02. The van der Waals surface area contributed by atoms with E-state index in [4.69, 9.17) is 11.1 Å². The van der Waals surface area contributed by atoms with Gasteiger partial charge in [0.25, 0.3) is 0 Å². The number of nitrogens with zero attached hydrogens (tertiary/aromatic N) is 2. The third-order valence-electron chi connectivity index (χ3n) is 2.69. The Hall–Kier alpha value is -2.34. The molecule has 0 saturated heterocycles. The molecule has 0 aliphatic heterocycles. The van der Waals surface area contributed by atoms with Crippen molar-refractivity contribution in [2.45, 2.75) is 10.1 Å². The number of benzene rings is 1. The van der Waals surface area contributed by atoms with Crippen LogP contribution in [0.15, 0.2) is 52.6 Å². The van der Waals surface area contributed by atoms with E-state index in [-0.39, 0.29) is 5.84 Å². The molecule has 0 fully saturated rings. The van der Waals surface area contributed by atoms with E-state index in [0.717, 1.165) is 15.9 Å². The molecule has 1 aromatic carbocycles. The topological polar surface area (TPSA) is 91.4 Å². The number of H-pyrrole nitrogens is 1. The lowest BCUT2D eigenvalue weighted by Gasteiger charge is -2.03. The first-order valence-electron chi connectivity index (χ1n) is 5.66. The Morgan fingerprint density at radius 1 is 1.26 bits per heavy atom. The minimum Gasteiger partial charge on any atom is -0.384 e. The van der Waals surface area contributed by atoms with Gasteiger partial charge in [0.1, 0.15) is 10.9 Å². The molecule has 0 aliphatic rings. The van der Waals surface area contributed by atoms with Crippen molar-refractivity contribution in [3.8, 4) is 0 Å². The zero-order chi connectivity index (χ0) is 13.2. The molecule has 0 aliphatic carbocycles. The number of nitrogen functional groups attached to an aromatic ring is 1. The van der Waals surface area contributed by atoms with Gasteiger partial charge in [-0.1, -0.05) is 18.2 Å². The average Bonchev–Trinajstić information content (AvgIpc) is 2.81. The Labute approximate surface area is 113 Å². The Balaban J connectivity index is 1.99. The van der Waals surface area contributed by atoms with E-state index in [9.17, 15) is 0 Å². The highest BCUT2D eigenvalue weighted by molar-refractivity contribution is 7.99. The summed E-state index contributed by atoms with van der Waals surface area (Å²) in [5.74, 6) is -0.00601. The van der Waals surface area contributed by atoms with Crippen LogP contribution < -0.4 is 5.73 Å². The minimum atomic E-state index is -0.00601. The van der Waals surface area contributed by atoms with Gasteiger partial charge >= 0.3 is 0 Å². The third-order valence-corrected chi connectivity index (χ3v) is 3.62. The first-order chi connectivity index (χ1) is 9.24. The fourth-order valence-corrected chi connectivity index (χ4v) is 2.74. The van der Waals surface area contributed by atoms with E-state index in [1.54, 1.807) is 6.07 Å². The summed E-state index contributed by atoms with van der Waals surface area (Å²) in [7, 11) is 0. The number of hydrogen-bond donors (Lipinski definition) is 3. The molecule has 19 heavy (non-hydrogen) atoms. The lowest BCUT2D eigenvalue weighted by molar-refractivity contribution is 0.919. The molecule has 4 N–H and O–H groups in total. The Morgan fingerprint density at radius 2 is 2.11 bits per heavy atom. The molecule has 2 aromatic heterocycles. The van der Waals surface area contributed by atoms with Gasteiger partial charge < -0.3 is 10.7 Å². The number of nitrogens with one attached hydrogen (secondary N) is 2. The van der Waals surface area contributed by atoms with Crippen molar-refractivity contribution < 1.29 is 0 Å². The third kappa shape index (κ3) is 2.30. The summed E-state index contributed by atoms with van der Waals surface area (Å²) in [4.78, 5) is 3.29. The molecule has 6 heteroatoms. The van der Waals surface area contributed by atoms with Crippen molar-refractivity contribution in [1.82, 2.24) is 15.2 Å². The van der Waals surface area contributed by atoms with Crippen LogP contribution in [0.25, 0.3) is 10.9 Å². The van der Waals surface area contributed by atoms with E-state index in [1.165, 1.54) is 18.0 Å². The first kappa shape index (κ1) is 11.7. The van der Waals surface area contributed by atoms with Crippen LogP contribution in [0, 0.1) is 5.41 Å². The molecule has 0 amide bonds. The van der Waals surface area contributed by atoms with Gasteiger partial charge in [-0.3, -0.25) is 5.41 Å². The molecule has 0 atom stereocenters. The van der Waals surface area contributed by atoms with E-state index >= 15 is 0 Å². The van der Waals surface area contributed by atoms with Gasteiger partial charge in [0, 0.05) is 10.9 Å². The molecule has 94 valence electrons. The maximum atomic E-state index is 7.54. The normalized spacial score (nSPS) is 10.7. The van der Waals surface area contributed by atoms with Crippen LogP contribution in [-0.4, -0.2) is 21.0 Å². The average molecular weight is 269 g/mol. The van der Waals surface area contributed by atoms with E-state index in [0.29, 0.717) is 10.6 Å². The van der Waals surface area contributed by atoms with Gasteiger partial charge in [0.15, 0.2) is 0 Å². The highest BCUT2D eigenvalue weighted by Crippen LogP contribution is 2.29. The Bertz CT molecular complexity index is 716. The summed E-state index contributed by atoms with van der Waals surface area (Å²) in [6.45, 7) is 0. The van der Waals surface area contributed by atoms with Crippen LogP contribution in [-0.2, 0) is 0 Å². The number of aromatic nitrogens is 3. The summed E-state index contributed by atoms with van der Waals surface area (Å²) in [5.41, 5.74) is 7.20. The first-order valence-corrected chi connectivity index (χ1v) is 6.47. The van der Waals surface area contributed by atoms with Gasteiger partial charge in [0.05, 0.1) is 16.8 Å². The summed E-state index contributed by atoms with van der Waals surface area (Å²) in [6.07, 6.45) is 1.53.